The Balaban J connectivity index is 3.29. The van der Waals surface area contributed by atoms with Gasteiger partial charge in [0.2, 0.25) is 11.7 Å². The molecule has 1 aromatic heterocycles. The van der Waals surface area contributed by atoms with Crippen LogP contribution in [0.3, 0.4) is 0 Å². The molecule has 1 atom stereocenters. The summed E-state index contributed by atoms with van der Waals surface area (Å²) in [5.74, 6) is -1.94. The van der Waals surface area contributed by atoms with Crippen LogP contribution in [0.25, 0.3) is 0 Å². The number of hydrogen-bond acceptors (Lipinski definition) is 3. The van der Waals surface area contributed by atoms with Crippen molar-refractivity contribution in [2.24, 2.45) is 5.92 Å². The number of aromatic hydroxyl groups is 1. The van der Waals surface area contributed by atoms with Gasteiger partial charge in [0, 0.05) is 6.04 Å². The number of hydrogen-bond donors (Lipinski definition) is 2. The molecule has 5 nitrogen and oxygen atoms in total. The molecule has 16 heavy (non-hydrogen) atoms. The molecule has 0 aliphatic carbocycles. The van der Waals surface area contributed by atoms with Crippen LogP contribution in [-0.4, -0.2) is 14.7 Å². The van der Waals surface area contributed by atoms with Gasteiger partial charge in [0.25, 0.3) is 5.56 Å². The standard InChI is InChI=1S/C10H15FN2O3/c1-5(2)4-6(3)13-9(15)7(11)8(14)12-10(13)16/h5-6,15H,4H2,1-3H3,(H,12,14,16). The predicted octanol–water partition coefficient (Wildman–Crippen LogP) is 0.988. The minimum Gasteiger partial charge on any atom is -0.492 e. The number of aromatic nitrogens is 2. The maximum Gasteiger partial charge on any atom is 0.331 e. The molecule has 1 unspecified atom stereocenters. The van der Waals surface area contributed by atoms with E-state index in [1.165, 1.54) is 0 Å². The van der Waals surface area contributed by atoms with Gasteiger partial charge in [-0.1, -0.05) is 13.8 Å². The van der Waals surface area contributed by atoms with E-state index < -0.39 is 22.9 Å². The molecule has 2 N–H and O–H groups in total. The Labute approximate surface area is 91.6 Å². The highest BCUT2D eigenvalue weighted by Gasteiger charge is 2.18. The predicted molar refractivity (Wildman–Crippen MR) is 57.1 cm³/mol. The Hall–Kier alpha value is -1.59. The molecule has 0 radical (unpaired) electrons. The van der Waals surface area contributed by atoms with Gasteiger partial charge in [-0.15, -0.1) is 0 Å². The van der Waals surface area contributed by atoms with Crippen molar-refractivity contribution in [2.45, 2.75) is 33.2 Å². The largest absolute Gasteiger partial charge is 0.492 e. The van der Waals surface area contributed by atoms with Gasteiger partial charge in [0.15, 0.2) is 0 Å². The van der Waals surface area contributed by atoms with E-state index in [1.807, 2.05) is 18.8 Å². The van der Waals surface area contributed by atoms with E-state index in [9.17, 15) is 19.1 Å². The Morgan fingerprint density at radius 3 is 2.44 bits per heavy atom. The van der Waals surface area contributed by atoms with E-state index in [4.69, 9.17) is 0 Å². The lowest BCUT2D eigenvalue weighted by atomic mass is 10.1. The first-order valence-corrected chi connectivity index (χ1v) is 5.07. The Morgan fingerprint density at radius 2 is 1.94 bits per heavy atom. The Kier molecular flexibility index (Phi) is 3.51. The number of H-pyrrole nitrogens is 1. The maximum atomic E-state index is 13.1. The molecular formula is C10H15FN2O3. The third-order valence-electron chi connectivity index (χ3n) is 2.32. The average Bonchev–Trinajstić information content (AvgIpc) is 2.13. The zero-order chi connectivity index (χ0) is 12.5. The minimum absolute atomic E-state index is 0.288. The van der Waals surface area contributed by atoms with Crippen molar-refractivity contribution >= 4 is 0 Å². The number of aromatic amines is 1. The summed E-state index contributed by atoms with van der Waals surface area (Å²) in [6.45, 7) is 5.57. The summed E-state index contributed by atoms with van der Waals surface area (Å²) in [6, 6.07) is -0.376. The van der Waals surface area contributed by atoms with Crippen LogP contribution in [0.4, 0.5) is 4.39 Å². The van der Waals surface area contributed by atoms with Crippen LogP contribution in [0, 0.1) is 11.7 Å². The third kappa shape index (κ3) is 2.32. The minimum atomic E-state index is -1.32. The van der Waals surface area contributed by atoms with Crippen LogP contribution in [-0.2, 0) is 0 Å². The SMILES string of the molecule is CC(C)CC(C)n1c(O)c(F)c(=O)[nH]c1=O. The summed E-state index contributed by atoms with van der Waals surface area (Å²) in [5, 5.41) is 9.41. The second-order valence-corrected chi connectivity index (χ2v) is 4.25. The van der Waals surface area contributed by atoms with Gasteiger partial charge in [-0.3, -0.25) is 14.3 Å². The normalized spacial score (nSPS) is 13.1. The highest BCUT2D eigenvalue weighted by molar-refractivity contribution is 5.10. The first kappa shape index (κ1) is 12.5. The number of nitrogens with one attached hydrogen (secondary N) is 1. The van der Waals surface area contributed by atoms with Crippen molar-refractivity contribution in [3.63, 3.8) is 0 Å². The molecule has 0 amide bonds. The van der Waals surface area contributed by atoms with E-state index in [-0.39, 0.29) is 12.0 Å². The molecule has 0 aliphatic rings. The highest BCUT2D eigenvalue weighted by atomic mass is 19.1. The van der Waals surface area contributed by atoms with Gasteiger partial charge in [-0.05, 0) is 19.3 Å². The van der Waals surface area contributed by atoms with E-state index in [0.29, 0.717) is 6.42 Å². The Morgan fingerprint density at radius 1 is 1.38 bits per heavy atom. The van der Waals surface area contributed by atoms with Gasteiger partial charge in [-0.25, -0.2) is 4.79 Å². The molecule has 0 fully saturated rings. The van der Waals surface area contributed by atoms with E-state index in [2.05, 4.69) is 0 Å². The average molecular weight is 230 g/mol. The lowest BCUT2D eigenvalue weighted by Gasteiger charge is -2.17. The first-order valence-electron chi connectivity index (χ1n) is 5.07. The summed E-state index contributed by atoms with van der Waals surface area (Å²) in [7, 11) is 0. The van der Waals surface area contributed by atoms with Crippen LogP contribution in [0.1, 0.15) is 33.2 Å². The van der Waals surface area contributed by atoms with Crippen LogP contribution in [0.2, 0.25) is 0 Å². The molecule has 1 aromatic rings. The molecule has 0 saturated heterocycles. The number of halogens is 1. The van der Waals surface area contributed by atoms with Crippen LogP contribution in [0.15, 0.2) is 9.59 Å². The fourth-order valence-corrected chi connectivity index (χ4v) is 1.71. The lowest BCUT2D eigenvalue weighted by Crippen LogP contribution is -2.33. The molecule has 90 valence electrons. The van der Waals surface area contributed by atoms with Crippen molar-refractivity contribution in [1.29, 1.82) is 0 Å². The van der Waals surface area contributed by atoms with Gasteiger partial charge in [0.05, 0.1) is 0 Å². The first-order chi connectivity index (χ1) is 7.34. The third-order valence-corrected chi connectivity index (χ3v) is 2.32. The highest BCUT2D eigenvalue weighted by Crippen LogP contribution is 2.20. The molecule has 0 spiro atoms. The maximum absolute atomic E-state index is 13.1. The van der Waals surface area contributed by atoms with Gasteiger partial charge in [-0.2, -0.15) is 4.39 Å². The Bertz CT molecular complexity index is 490. The van der Waals surface area contributed by atoms with E-state index in [1.54, 1.807) is 6.92 Å². The van der Waals surface area contributed by atoms with Gasteiger partial charge < -0.3 is 5.11 Å². The second-order valence-electron chi connectivity index (χ2n) is 4.25. The molecular weight excluding hydrogens is 215 g/mol. The van der Waals surface area contributed by atoms with Crippen molar-refractivity contribution in [3.05, 3.63) is 26.7 Å². The van der Waals surface area contributed by atoms with Gasteiger partial charge >= 0.3 is 5.69 Å². The van der Waals surface area contributed by atoms with Crippen LogP contribution < -0.4 is 11.2 Å². The van der Waals surface area contributed by atoms with Crippen LogP contribution >= 0.6 is 0 Å². The van der Waals surface area contributed by atoms with Crippen LogP contribution in [0.5, 0.6) is 5.88 Å². The lowest BCUT2D eigenvalue weighted by molar-refractivity contribution is 0.317. The molecule has 0 saturated carbocycles. The van der Waals surface area contributed by atoms with Crippen molar-refractivity contribution in [2.75, 3.05) is 0 Å². The molecule has 1 rings (SSSR count). The summed E-state index contributed by atoms with van der Waals surface area (Å²) in [5.41, 5.74) is -1.99. The summed E-state index contributed by atoms with van der Waals surface area (Å²) in [6.07, 6.45) is 0.596. The van der Waals surface area contributed by atoms with Gasteiger partial charge in [0.1, 0.15) is 0 Å². The second kappa shape index (κ2) is 4.51. The topological polar surface area (TPSA) is 75.1 Å². The summed E-state index contributed by atoms with van der Waals surface area (Å²) < 4.78 is 14.0. The fourth-order valence-electron chi connectivity index (χ4n) is 1.71. The van der Waals surface area contributed by atoms with E-state index >= 15 is 0 Å². The molecule has 6 heteroatoms. The monoisotopic (exact) mass is 230 g/mol. The summed E-state index contributed by atoms with van der Waals surface area (Å²) >= 11 is 0. The van der Waals surface area contributed by atoms with Crippen molar-refractivity contribution in [3.8, 4) is 5.88 Å². The quantitative estimate of drug-likeness (QED) is 0.813. The van der Waals surface area contributed by atoms with Crippen molar-refractivity contribution in [1.82, 2.24) is 9.55 Å². The summed E-state index contributed by atoms with van der Waals surface area (Å²) in [4.78, 5) is 24.1. The zero-order valence-corrected chi connectivity index (χ0v) is 9.45. The smallest absolute Gasteiger partial charge is 0.331 e. The molecule has 1 heterocycles. The van der Waals surface area contributed by atoms with E-state index in [0.717, 1.165) is 4.57 Å². The molecule has 0 aliphatic heterocycles. The molecule has 0 bridgehead atoms. The number of rotatable bonds is 3. The zero-order valence-electron chi connectivity index (χ0n) is 9.45. The number of nitrogens with zero attached hydrogens (tertiary/aromatic N) is 1. The fraction of sp³-hybridized carbons (Fsp3) is 0.600. The van der Waals surface area contributed by atoms with Crippen molar-refractivity contribution < 1.29 is 9.50 Å². The molecule has 0 aromatic carbocycles.